The molecule has 1 fully saturated rings. The third-order valence-corrected chi connectivity index (χ3v) is 4.60. The first-order chi connectivity index (χ1) is 12.0. The summed E-state index contributed by atoms with van der Waals surface area (Å²) in [6.07, 6.45) is 0. The largest absolute Gasteiger partial charge is 0.335 e. The van der Waals surface area contributed by atoms with Crippen LogP contribution in [0.3, 0.4) is 0 Å². The molecular weight excluding hydrogens is 361 g/mol. The fraction of sp³-hybridized carbons (Fsp3) is 0.222. The van der Waals surface area contributed by atoms with Gasteiger partial charge >= 0.3 is 6.03 Å². The van der Waals surface area contributed by atoms with Gasteiger partial charge in [0, 0.05) is 36.9 Å². The highest BCUT2D eigenvalue weighted by atomic mass is 35.5. The van der Waals surface area contributed by atoms with E-state index in [-0.39, 0.29) is 11.9 Å². The average molecular weight is 378 g/mol. The van der Waals surface area contributed by atoms with Gasteiger partial charge in [0.25, 0.3) is 5.91 Å². The molecule has 0 bridgehead atoms. The fourth-order valence-electron chi connectivity index (χ4n) is 2.69. The van der Waals surface area contributed by atoms with Crippen molar-refractivity contribution >= 4 is 40.8 Å². The maximum absolute atomic E-state index is 12.5. The second-order valence-electron chi connectivity index (χ2n) is 5.70. The number of halogens is 2. The number of hydrogen-bond donors (Lipinski definition) is 1. The lowest BCUT2D eigenvalue weighted by molar-refractivity contribution is 0.0672. The average Bonchev–Trinajstić information content (AvgIpc) is 2.62. The molecule has 25 heavy (non-hydrogen) atoms. The molecule has 0 spiro atoms. The monoisotopic (exact) mass is 377 g/mol. The molecule has 0 aromatic heterocycles. The number of carbonyl (C=O) groups is 2. The number of benzene rings is 2. The molecule has 0 aliphatic carbocycles. The Bertz CT molecular complexity index is 789. The molecule has 1 aliphatic heterocycles. The minimum absolute atomic E-state index is 0.111. The van der Waals surface area contributed by atoms with Gasteiger partial charge in [0.15, 0.2) is 0 Å². The molecule has 3 rings (SSSR count). The highest BCUT2D eigenvalue weighted by Crippen LogP contribution is 2.19. The summed E-state index contributed by atoms with van der Waals surface area (Å²) in [5, 5.41) is 3.82. The molecule has 3 amide bonds. The predicted molar refractivity (Wildman–Crippen MR) is 99.4 cm³/mol. The van der Waals surface area contributed by atoms with Crippen LogP contribution in [0.4, 0.5) is 10.5 Å². The maximum Gasteiger partial charge on any atom is 0.321 e. The summed E-state index contributed by atoms with van der Waals surface area (Å²) >= 11 is 12.0. The second-order valence-corrected chi connectivity index (χ2v) is 6.54. The van der Waals surface area contributed by atoms with Gasteiger partial charge in [-0.1, -0.05) is 41.4 Å². The van der Waals surface area contributed by atoms with Crippen molar-refractivity contribution in [2.45, 2.75) is 0 Å². The van der Waals surface area contributed by atoms with E-state index in [9.17, 15) is 9.59 Å². The lowest BCUT2D eigenvalue weighted by Gasteiger charge is -2.34. The Morgan fingerprint density at radius 1 is 0.880 bits per heavy atom. The van der Waals surface area contributed by atoms with E-state index >= 15 is 0 Å². The molecule has 0 saturated carbocycles. The van der Waals surface area contributed by atoms with Crippen molar-refractivity contribution in [1.82, 2.24) is 9.80 Å². The van der Waals surface area contributed by atoms with E-state index in [1.54, 1.807) is 58.3 Å². The van der Waals surface area contributed by atoms with Crippen molar-refractivity contribution in [2.75, 3.05) is 31.5 Å². The molecule has 0 radical (unpaired) electrons. The zero-order chi connectivity index (χ0) is 17.8. The van der Waals surface area contributed by atoms with E-state index in [0.29, 0.717) is 47.5 Å². The summed E-state index contributed by atoms with van der Waals surface area (Å²) in [5.74, 6) is -0.111. The highest BCUT2D eigenvalue weighted by molar-refractivity contribution is 6.33. The molecule has 5 nitrogen and oxygen atoms in total. The minimum atomic E-state index is -0.202. The molecule has 0 unspecified atom stereocenters. The second kappa shape index (κ2) is 7.76. The third-order valence-electron chi connectivity index (χ3n) is 4.03. The van der Waals surface area contributed by atoms with E-state index in [4.69, 9.17) is 23.2 Å². The Morgan fingerprint density at radius 3 is 2.24 bits per heavy atom. The van der Waals surface area contributed by atoms with Crippen LogP contribution in [-0.2, 0) is 0 Å². The SMILES string of the molecule is O=C(Nc1cccc(Cl)c1)N1CCN(C(=O)c2ccccc2Cl)CC1. The van der Waals surface area contributed by atoms with Crippen LogP contribution in [0.2, 0.25) is 10.0 Å². The standard InChI is InChI=1S/C18H17Cl2N3O2/c19-13-4-3-5-14(12-13)21-18(25)23-10-8-22(9-11-23)17(24)15-6-1-2-7-16(15)20/h1-7,12H,8-11H2,(H,21,25). The van der Waals surface area contributed by atoms with Crippen molar-refractivity contribution in [1.29, 1.82) is 0 Å². The van der Waals surface area contributed by atoms with Crippen LogP contribution in [0.5, 0.6) is 0 Å². The predicted octanol–water partition coefficient (Wildman–Crippen LogP) is 3.98. The molecule has 1 N–H and O–H groups in total. The first kappa shape index (κ1) is 17.6. The topological polar surface area (TPSA) is 52.7 Å². The van der Waals surface area contributed by atoms with Crippen molar-refractivity contribution in [3.05, 3.63) is 64.1 Å². The number of nitrogens with one attached hydrogen (secondary N) is 1. The van der Waals surface area contributed by atoms with Crippen LogP contribution in [0, 0.1) is 0 Å². The molecule has 1 heterocycles. The number of hydrogen-bond acceptors (Lipinski definition) is 2. The molecular formula is C18H17Cl2N3O2. The van der Waals surface area contributed by atoms with Gasteiger partial charge in [0.1, 0.15) is 0 Å². The first-order valence-electron chi connectivity index (χ1n) is 7.90. The van der Waals surface area contributed by atoms with Gasteiger partial charge in [0.2, 0.25) is 0 Å². The van der Waals surface area contributed by atoms with Crippen molar-refractivity contribution in [2.24, 2.45) is 0 Å². The third kappa shape index (κ3) is 4.24. The summed E-state index contributed by atoms with van der Waals surface area (Å²) in [6.45, 7) is 1.85. The highest BCUT2D eigenvalue weighted by Gasteiger charge is 2.25. The van der Waals surface area contributed by atoms with E-state index in [1.165, 1.54) is 0 Å². The van der Waals surface area contributed by atoms with E-state index < -0.39 is 0 Å². The van der Waals surface area contributed by atoms with Crippen molar-refractivity contribution in [3.63, 3.8) is 0 Å². The summed E-state index contributed by atoms with van der Waals surface area (Å²) < 4.78 is 0. The summed E-state index contributed by atoms with van der Waals surface area (Å²) in [5.41, 5.74) is 1.13. The van der Waals surface area contributed by atoms with Gasteiger partial charge in [0.05, 0.1) is 10.6 Å². The van der Waals surface area contributed by atoms with Crippen LogP contribution in [0.15, 0.2) is 48.5 Å². The van der Waals surface area contributed by atoms with Gasteiger partial charge in [-0.25, -0.2) is 4.79 Å². The molecule has 0 atom stereocenters. The van der Waals surface area contributed by atoms with Crippen LogP contribution in [-0.4, -0.2) is 47.9 Å². The van der Waals surface area contributed by atoms with Crippen molar-refractivity contribution in [3.8, 4) is 0 Å². The maximum atomic E-state index is 12.5. The molecule has 1 saturated heterocycles. The van der Waals surface area contributed by atoms with Gasteiger partial charge in [-0.3, -0.25) is 4.79 Å². The van der Waals surface area contributed by atoms with Crippen LogP contribution >= 0.6 is 23.2 Å². The van der Waals surface area contributed by atoms with Crippen LogP contribution < -0.4 is 5.32 Å². The molecule has 130 valence electrons. The molecule has 2 aromatic carbocycles. The Labute approximate surface area is 156 Å². The summed E-state index contributed by atoms with van der Waals surface area (Å²) in [7, 11) is 0. The zero-order valence-electron chi connectivity index (χ0n) is 13.4. The van der Waals surface area contributed by atoms with Crippen LogP contribution in [0.1, 0.15) is 10.4 Å². The molecule has 1 aliphatic rings. The lowest BCUT2D eigenvalue weighted by atomic mass is 10.2. The zero-order valence-corrected chi connectivity index (χ0v) is 14.9. The number of piperazine rings is 1. The lowest BCUT2D eigenvalue weighted by Crippen LogP contribution is -2.51. The number of nitrogens with zero attached hydrogens (tertiary/aromatic N) is 2. The first-order valence-corrected chi connectivity index (χ1v) is 8.65. The van der Waals surface area contributed by atoms with Crippen molar-refractivity contribution < 1.29 is 9.59 Å². The number of urea groups is 1. The number of carbonyl (C=O) groups excluding carboxylic acids is 2. The van der Waals surface area contributed by atoms with Gasteiger partial charge in [-0.15, -0.1) is 0 Å². The number of anilines is 1. The van der Waals surface area contributed by atoms with Crippen LogP contribution in [0.25, 0.3) is 0 Å². The van der Waals surface area contributed by atoms with Gasteiger partial charge in [-0.2, -0.15) is 0 Å². The Kier molecular flexibility index (Phi) is 5.46. The van der Waals surface area contributed by atoms with E-state index in [2.05, 4.69) is 5.32 Å². The molecule has 2 aromatic rings. The summed E-state index contributed by atoms with van der Waals surface area (Å²) in [6, 6.07) is 13.8. The minimum Gasteiger partial charge on any atom is -0.335 e. The van der Waals surface area contributed by atoms with E-state index in [1.807, 2.05) is 0 Å². The van der Waals surface area contributed by atoms with E-state index in [0.717, 1.165) is 0 Å². The fourth-order valence-corrected chi connectivity index (χ4v) is 3.09. The Hall–Kier alpha value is -2.24. The quantitative estimate of drug-likeness (QED) is 0.860. The number of rotatable bonds is 2. The Morgan fingerprint density at radius 2 is 1.56 bits per heavy atom. The van der Waals surface area contributed by atoms with Gasteiger partial charge < -0.3 is 15.1 Å². The smallest absolute Gasteiger partial charge is 0.321 e. The number of amides is 3. The molecule has 7 heteroatoms. The normalized spacial score (nSPS) is 14.3. The Balaban J connectivity index is 1.57. The summed E-state index contributed by atoms with van der Waals surface area (Å²) in [4.78, 5) is 28.3. The van der Waals surface area contributed by atoms with Gasteiger partial charge in [-0.05, 0) is 30.3 Å².